The summed E-state index contributed by atoms with van der Waals surface area (Å²) in [6.45, 7) is 0.474. The van der Waals surface area contributed by atoms with Gasteiger partial charge in [-0.1, -0.05) is 18.2 Å². The smallest absolute Gasteiger partial charge is 0.220 e. The van der Waals surface area contributed by atoms with Crippen LogP contribution >= 0.6 is 0 Å². The van der Waals surface area contributed by atoms with Crippen molar-refractivity contribution in [3.05, 3.63) is 59.9 Å². The van der Waals surface area contributed by atoms with Crippen molar-refractivity contribution in [3.8, 4) is 5.75 Å². The van der Waals surface area contributed by atoms with Crippen molar-refractivity contribution in [1.29, 1.82) is 0 Å². The van der Waals surface area contributed by atoms with Crippen LogP contribution in [-0.2, 0) is 17.8 Å². The van der Waals surface area contributed by atoms with Gasteiger partial charge in [-0.25, -0.2) is 0 Å². The van der Waals surface area contributed by atoms with Crippen LogP contribution in [0.25, 0.3) is 0 Å². The highest BCUT2D eigenvalue weighted by molar-refractivity contribution is 5.76. The number of phenolic OH excluding ortho intramolecular Hbond substituents is 1. The zero-order valence-corrected chi connectivity index (χ0v) is 10.5. The first-order chi connectivity index (χ1) is 9.24. The van der Waals surface area contributed by atoms with Crippen LogP contribution in [0.1, 0.15) is 17.7 Å². The molecule has 0 aliphatic carbocycles. The monoisotopic (exact) mass is 256 g/mol. The Morgan fingerprint density at radius 2 is 1.95 bits per heavy atom. The van der Waals surface area contributed by atoms with Gasteiger partial charge in [0.2, 0.25) is 5.91 Å². The molecule has 2 rings (SSSR count). The van der Waals surface area contributed by atoms with Gasteiger partial charge in [-0.3, -0.25) is 9.78 Å². The van der Waals surface area contributed by atoms with Crippen LogP contribution in [0.4, 0.5) is 0 Å². The van der Waals surface area contributed by atoms with E-state index in [1.807, 2.05) is 18.2 Å². The molecule has 98 valence electrons. The molecule has 19 heavy (non-hydrogen) atoms. The molecule has 0 aliphatic rings. The SMILES string of the molecule is O=C(CCc1ccccn1)NCc1ccc(O)cc1. The minimum absolute atomic E-state index is 0.00118. The molecule has 0 aliphatic heterocycles. The number of nitrogens with zero attached hydrogens (tertiary/aromatic N) is 1. The molecule has 1 aromatic carbocycles. The van der Waals surface area contributed by atoms with Crippen molar-refractivity contribution >= 4 is 5.91 Å². The summed E-state index contributed by atoms with van der Waals surface area (Å²) in [7, 11) is 0. The Balaban J connectivity index is 1.74. The quantitative estimate of drug-likeness (QED) is 0.860. The molecule has 1 heterocycles. The first kappa shape index (κ1) is 13.1. The van der Waals surface area contributed by atoms with Gasteiger partial charge < -0.3 is 10.4 Å². The molecule has 0 saturated heterocycles. The summed E-state index contributed by atoms with van der Waals surface area (Å²) in [5.74, 6) is 0.226. The minimum Gasteiger partial charge on any atom is -0.508 e. The van der Waals surface area contributed by atoms with Gasteiger partial charge in [0.1, 0.15) is 5.75 Å². The van der Waals surface area contributed by atoms with Crippen LogP contribution in [0.5, 0.6) is 5.75 Å². The molecular formula is C15H16N2O2. The van der Waals surface area contributed by atoms with Crippen LogP contribution in [0.2, 0.25) is 0 Å². The molecule has 2 N–H and O–H groups in total. The lowest BCUT2D eigenvalue weighted by Crippen LogP contribution is -2.23. The number of pyridine rings is 1. The number of hydrogen-bond acceptors (Lipinski definition) is 3. The van der Waals surface area contributed by atoms with Crippen molar-refractivity contribution in [2.24, 2.45) is 0 Å². The van der Waals surface area contributed by atoms with Crippen molar-refractivity contribution in [1.82, 2.24) is 10.3 Å². The maximum absolute atomic E-state index is 11.7. The standard InChI is InChI=1S/C15H16N2O2/c18-14-7-4-12(5-8-14)11-17-15(19)9-6-13-3-1-2-10-16-13/h1-5,7-8,10,18H,6,9,11H2,(H,17,19). The molecule has 0 unspecified atom stereocenters. The van der Waals surface area contributed by atoms with Crippen LogP contribution in [-0.4, -0.2) is 16.0 Å². The highest BCUT2D eigenvalue weighted by atomic mass is 16.3. The molecule has 1 amide bonds. The highest BCUT2D eigenvalue weighted by Gasteiger charge is 2.02. The molecule has 0 atom stereocenters. The molecule has 4 heteroatoms. The van der Waals surface area contributed by atoms with Gasteiger partial charge in [0.25, 0.3) is 0 Å². The average Bonchev–Trinajstić information content (AvgIpc) is 2.45. The fourth-order valence-electron chi connectivity index (χ4n) is 1.69. The summed E-state index contributed by atoms with van der Waals surface area (Å²) >= 11 is 0. The lowest BCUT2D eigenvalue weighted by atomic mass is 10.2. The number of carbonyl (C=O) groups excluding carboxylic acids is 1. The molecule has 0 spiro atoms. The number of phenols is 1. The van der Waals surface area contributed by atoms with Crippen LogP contribution in [0, 0.1) is 0 Å². The second kappa shape index (κ2) is 6.54. The van der Waals surface area contributed by atoms with Gasteiger partial charge in [-0.15, -0.1) is 0 Å². The van der Waals surface area contributed by atoms with E-state index < -0.39 is 0 Å². The normalized spacial score (nSPS) is 10.1. The van der Waals surface area contributed by atoms with Crippen molar-refractivity contribution in [2.75, 3.05) is 0 Å². The second-order valence-corrected chi connectivity index (χ2v) is 4.26. The first-order valence-corrected chi connectivity index (χ1v) is 6.18. The second-order valence-electron chi connectivity index (χ2n) is 4.26. The topological polar surface area (TPSA) is 62.2 Å². The summed E-state index contributed by atoms with van der Waals surface area (Å²) in [6, 6.07) is 12.5. The largest absolute Gasteiger partial charge is 0.508 e. The Morgan fingerprint density at radius 1 is 1.16 bits per heavy atom. The zero-order valence-electron chi connectivity index (χ0n) is 10.5. The third-order valence-electron chi connectivity index (χ3n) is 2.76. The molecular weight excluding hydrogens is 240 g/mol. The predicted octanol–water partition coefficient (Wildman–Crippen LogP) is 2.04. The van der Waals surface area contributed by atoms with Crippen molar-refractivity contribution in [2.45, 2.75) is 19.4 Å². The maximum atomic E-state index is 11.7. The van der Waals surface area contributed by atoms with E-state index in [1.165, 1.54) is 0 Å². The van der Waals surface area contributed by atoms with Crippen molar-refractivity contribution in [3.63, 3.8) is 0 Å². The van der Waals surface area contributed by atoms with Gasteiger partial charge in [-0.05, 0) is 36.2 Å². The average molecular weight is 256 g/mol. The number of amides is 1. The van der Waals surface area contributed by atoms with E-state index in [0.717, 1.165) is 11.3 Å². The fourth-order valence-corrected chi connectivity index (χ4v) is 1.69. The minimum atomic E-state index is -0.00118. The number of aromatic nitrogens is 1. The number of nitrogens with one attached hydrogen (secondary N) is 1. The lowest BCUT2D eigenvalue weighted by molar-refractivity contribution is -0.121. The number of benzene rings is 1. The van der Waals surface area contributed by atoms with Gasteiger partial charge in [0.05, 0.1) is 0 Å². The molecule has 0 saturated carbocycles. The Kier molecular flexibility index (Phi) is 4.50. The van der Waals surface area contributed by atoms with Gasteiger partial charge in [0, 0.05) is 24.9 Å². The van der Waals surface area contributed by atoms with Crippen LogP contribution in [0.3, 0.4) is 0 Å². The van der Waals surface area contributed by atoms with E-state index in [2.05, 4.69) is 10.3 Å². The first-order valence-electron chi connectivity index (χ1n) is 6.18. The van der Waals surface area contributed by atoms with Crippen LogP contribution < -0.4 is 5.32 Å². The molecule has 0 fully saturated rings. The van der Waals surface area contributed by atoms with E-state index in [-0.39, 0.29) is 11.7 Å². The van der Waals surface area contributed by atoms with Gasteiger partial charge in [-0.2, -0.15) is 0 Å². The summed E-state index contributed by atoms with van der Waals surface area (Å²) in [5, 5.41) is 12.0. The molecule has 2 aromatic rings. The Bertz CT molecular complexity index is 524. The van der Waals surface area contributed by atoms with E-state index in [4.69, 9.17) is 5.11 Å². The van der Waals surface area contributed by atoms with Gasteiger partial charge >= 0.3 is 0 Å². The molecule has 0 bridgehead atoms. The van der Waals surface area contributed by atoms with E-state index >= 15 is 0 Å². The number of aryl methyl sites for hydroxylation is 1. The summed E-state index contributed by atoms with van der Waals surface area (Å²) in [4.78, 5) is 15.8. The summed E-state index contributed by atoms with van der Waals surface area (Å²) in [6.07, 6.45) is 2.79. The Hall–Kier alpha value is -2.36. The number of rotatable bonds is 5. The third-order valence-corrected chi connectivity index (χ3v) is 2.76. The number of carbonyl (C=O) groups is 1. The Labute approximate surface area is 112 Å². The maximum Gasteiger partial charge on any atom is 0.220 e. The third kappa shape index (κ3) is 4.43. The van der Waals surface area contributed by atoms with E-state index in [0.29, 0.717) is 19.4 Å². The number of hydrogen-bond donors (Lipinski definition) is 2. The van der Waals surface area contributed by atoms with E-state index in [9.17, 15) is 4.79 Å². The Morgan fingerprint density at radius 3 is 2.63 bits per heavy atom. The summed E-state index contributed by atoms with van der Waals surface area (Å²) < 4.78 is 0. The predicted molar refractivity (Wildman–Crippen MR) is 72.5 cm³/mol. The van der Waals surface area contributed by atoms with E-state index in [1.54, 1.807) is 30.5 Å². The highest BCUT2D eigenvalue weighted by Crippen LogP contribution is 2.09. The molecule has 4 nitrogen and oxygen atoms in total. The van der Waals surface area contributed by atoms with Crippen LogP contribution in [0.15, 0.2) is 48.7 Å². The lowest BCUT2D eigenvalue weighted by Gasteiger charge is -2.05. The number of aromatic hydroxyl groups is 1. The van der Waals surface area contributed by atoms with Crippen molar-refractivity contribution < 1.29 is 9.90 Å². The molecule has 0 radical (unpaired) electrons. The van der Waals surface area contributed by atoms with Gasteiger partial charge in [0.15, 0.2) is 0 Å². The fraction of sp³-hybridized carbons (Fsp3) is 0.200. The summed E-state index contributed by atoms with van der Waals surface area (Å²) in [5.41, 5.74) is 1.88. The molecule has 1 aromatic heterocycles. The zero-order chi connectivity index (χ0) is 13.5.